The van der Waals surface area contributed by atoms with Gasteiger partial charge in [0.25, 0.3) is 5.91 Å². The summed E-state index contributed by atoms with van der Waals surface area (Å²) in [5.74, 6) is -0.388. The van der Waals surface area contributed by atoms with Crippen LogP contribution in [0, 0.1) is 5.82 Å². The topological polar surface area (TPSA) is 72.5 Å². The first-order chi connectivity index (χ1) is 12.2. The van der Waals surface area contributed by atoms with Gasteiger partial charge in [-0.1, -0.05) is 6.07 Å². The molecule has 0 bridgehead atoms. The number of pyridine rings is 1. The Labute approximate surface area is 157 Å². The van der Waals surface area contributed by atoms with E-state index in [1.165, 1.54) is 12.3 Å². The predicted molar refractivity (Wildman–Crippen MR) is 98.6 cm³/mol. The van der Waals surface area contributed by atoms with E-state index in [0.717, 1.165) is 6.54 Å². The van der Waals surface area contributed by atoms with Gasteiger partial charge in [0.15, 0.2) is 0 Å². The van der Waals surface area contributed by atoms with E-state index in [2.05, 4.69) is 15.6 Å². The van der Waals surface area contributed by atoms with Gasteiger partial charge in [0.2, 0.25) is 5.88 Å². The normalized spacial score (nSPS) is 16.5. The molecule has 1 amide bonds. The van der Waals surface area contributed by atoms with Crippen molar-refractivity contribution < 1.29 is 18.7 Å². The number of rotatable bonds is 5. The van der Waals surface area contributed by atoms with Crippen molar-refractivity contribution in [3.8, 4) is 5.88 Å². The van der Waals surface area contributed by atoms with E-state index in [-0.39, 0.29) is 24.4 Å². The summed E-state index contributed by atoms with van der Waals surface area (Å²) in [6, 6.07) is 7.73. The molecule has 6 nitrogen and oxygen atoms in total. The first-order valence-corrected chi connectivity index (χ1v) is 8.19. The molecule has 0 saturated carbocycles. The highest BCUT2D eigenvalue weighted by atomic mass is 35.5. The summed E-state index contributed by atoms with van der Waals surface area (Å²) in [6.45, 7) is 4.18. The number of halogens is 2. The Morgan fingerprint density at radius 3 is 2.96 bits per heavy atom. The highest BCUT2D eigenvalue weighted by molar-refractivity contribution is 6.04. The van der Waals surface area contributed by atoms with Crippen LogP contribution in [0.1, 0.15) is 28.9 Å². The molecule has 1 aromatic carbocycles. The first kappa shape index (κ1) is 20.1. The lowest BCUT2D eigenvalue weighted by molar-refractivity contribution is 0.0255. The van der Waals surface area contributed by atoms with Crippen LogP contribution in [0.4, 0.5) is 10.1 Å². The Balaban J connectivity index is 0.00000243. The van der Waals surface area contributed by atoms with Crippen LogP contribution in [0.25, 0.3) is 0 Å². The van der Waals surface area contributed by atoms with Gasteiger partial charge in [0, 0.05) is 42.2 Å². The summed E-state index contributed by atoms with van der Waals surface area (Å²) in [6.07, 6.45) is 1.18. The Morgan fingerprint density at radius 2 is 2.27 bits per heavy atom. The van der Waals surface area contributed by atoms with Crippen LogP contribution in [-0.4, -0.2) is 37.2 Å². The molecule has 8 heteroatoms. The van der Waals surface area contributed by atoms with Gasteiger partial charge in [-0.3, -0.25) is 4.79 Å². The monoisotopic (exact) mass is 381 g/mol. The van der Waals surface area contributed by atoms with Crippen molar-refractivity contribution >= 4 is 24.0 Å². The van der Waals surface area contributed by atoms with Crippen LogP contribution >= 0.6 is 12.4 Å². The number of morpholine rings is 1. The molecule has 1 aromatic heterocycles. The number of nitrogens with one attached hydrogen (secondary N) is 2. The standard InChI is InChI=1S/C18H20FN3O3.ClH/c1-2-24-17-9-12(5-6-21-17)18(23)22-13-3-4-14(15(19)10-13)16-11-20-7-8-25-16;/h3-6,9-10,16,20H,2,7-8,11H2,1H3,(H,22,23);1H. The predicted octanol–water partition coefficient (Wildman–Crippen LogP) is 2.95. The summed E-state index contributed by atoms with van der Waals surface area (Å²) in [4.78, 5) is 16.3. The Hall–Kier alpha value is -2.22. The van der Waals surface area contributed by atoms with Gasteiger partial charge < -0.3 is 20.1 Å². The van der Waals surface area contributed by atoms with E-state index in [1.807, 2.05) is 6.92 Å². The first-order valence-electron chi connectivity index (χ1n) is 8.19. The lowest BCUT2D eigenvalue weighted by Crippen LogP contribution is -2.33. The quantitative estimate of drug-likeness (QED) is 0.833. The largest absolute Gasteiger partial charge is 0.478 e. The van der Waals surface area contributed by atoms with E-state index in [9.17, 15) is 9.18 Å². The molecule has 1 unspecified atom stereocenters. The molecule has 1 fully saturated rings. The molecule has 1 aliphatic heterocycles. The fraction of sp³-hybridized carbons (Fsp3) is 0.333. The van der Waals surface area contributed by atoms with Crippen LogP contribution < -0.4 is 15.4 Å². The number of nitrogens with zero attached hydrogens (tertiary/aromatic N) is 1. The molecule has 2 heterocycles. The number of hydrogen-bond acceptors (Lipinski definition) is 5. The van der Waals surface area contributed by atoms with Crippen molar-refractivity contribution in [3.05, 3.63) is 53.5 Å². The van der Waals surface area contributed by atoms with Crippen molar-refractivity contribution in [2.24, 2.45) is 0 Å². The third-order valence-electron chi connectivity index (χ3n) is 3.82. The molecular formula is C18H21ClFN3O3. The summed E-state index contributed by atoms with van der Waals surface area (Å²) in [5, 5.41) is 5.85. The number of benzene rings is 1. The van der Waals surface area contributed by atoms with Gasteiger partial charge in [-0.25, -0.2) is 9.37 Å². The number of amides is 1. The zero-order chi connectivity index (χ0) is 17.6. The van der Waals surface area contributed by atoms with Crippen molar-refractivity contribution in [3.63, 3.8) is 0 Å². The van der Waals surface area contributed by atoms with Crippen molar-refractivity contribution in [1.29, 1.82) is 0 Å². The number of carbonyl (C=O) groups is 1. The summed E-state index contributed by atoms with van der Waals surface area (Å²) in [5.41, 5.74) is 1.25. The summed E-state index contributed by atoms with van der Waals surface area (Å²) in [7, 11) is 0. The van der Waals surface area contributed by atoms with Crippen LogP contribution in [0.5, 0.6) is 5.88 Å². The van der Waals surface area contributed by atoms with Crippen LogP contribution in [0.3, 0.4) is 0 Å². The minimum atomic E-state index is -0.406. The van der Waals surface area contributed by atoms with Gasteiger partial charge in [0.05, 0.1) is 19.3 Å². The molecule has 1 saturated heterocycles. The third kappa shape index (κ3) is 4.91. The van der Waals surface area contributed by atoms with Crippen LogP contribution in [0.2, 0.25) is 0 Å². The smallest absolute Gasteiger partial charge is 0.255 e. The number of hydrogen-bond donors (Lipinski definition) is 2. The lowest BCUT2D eigenvalue weighted by atomic mass is 10.1. The van der Waals surface area contributed by atoms with Crippen LogP contribution in [-0.2, 0) is 4.74 Å². The number of aromatic nitrogens is 1. The maximum atomic E-state index is 14.4. The molecule has 2 aromatic rings. The van der Waals surface area contributed by atoms with Gasteiger partial charge in [0.1, 0.15) is 5.82 Å². The minimum Gasteiger partial charge on any atom is -0.478 e. The second-order valence-corrected chi connectivity index (χ2v) is 5.57. The SMILES string of the molecule is CCOc1cc(C(=O)Nc2ccc(C3CNCCO3)c(F)c2)ccn1.Cl. The minimum absolute atomic E-state index is 0. The maximum Gasteiger partial charge on any atom is 0.255 e. The molecule has 1 aliphatic rings. The second kappa shape index (κ2) is 9.47. The lowest BCUT2D eigenvalue weighted by Gasteiger charge is -2.24. The average Bonchev–Trinajstić information content (AvgIpc) is 2.63. The fourth-order valence-electron chi connectivity index (χ4n) is 2.61. The number of anilines is 1. The second-order valence-electron chi connectivity index (χ2n) is 5.57. The summed E-state index contributed by atoms with van der Waals surface area (Å²) >= 11 is 0. The molecule has 2 N–H and O–H groups in total. The molecular weight excluding hydrogens is 361 g/mol. The van der Waals surface area contributed by atoms with E-state index >= 15 is 0 Å². The zero-order valence-corrected chi connectivity index (χ0v) is 15.1. The van der Waals surface area contributed by atoms with E-state index in [0.29, 0.717) is 42.5 Å². The van der Waals surface area contributed by atoms with Crippen LogP contribution in [0.15, 0.2) is 36.5 Å². The van der Waals surface area contributed by atoms with Gasteiger partial charge in [-0.15, -0.1) is 12.4 Å². The highest BCUT2D eigenvalue weighted by Crippen LogP contribution is 2.24. The Morgan fingerprint density at radius 1 is 1.42 bits per heavy atom. The molecule has 26 heavy (non-hydrogen) atoms. The van der Waals surface area contributed by atoms with Gasteiger partial charge in [-0.05, 0) is 25.1 Å². The molecule has 0 spiro atoms. The van der Waals surface area contributed by atoms with E-state index in [4.69, 9.17) is 9.47 Å². The molecule has 3 rings (SSSR count). The van der Waals surface area contributed by atoms with E-state index in [1.54, 1.807) is 24.3 Å². The molecule has 140 valence electrons. The maximum absolute atomic E-state index is 14.4. The molecule has 0 aliphatic carbocycles. The highest BCUT2D eigenvalue weighted by Gasteiger charge is 2.19. The molecule has 0 radical (unpaired) electrons. The van der Waals surface area contributed by atoms with Gasteiger partial charge in [-0.2, -0.15) is 0 Å². The number of ether oxygens (including phenoxy) is 2. The average molecular weight is 382 g/mol. The Kier molecular flexibility index (Phi) is 7.32. The summed E-state index contributed by atoms with van der Waals surface area (Å²) < 4.78 is 25.2. The molecule has 1 atom stereocenters. The Bertz CT molecular complexity index is 754. The zero-order valence-electron chi connectivity index (χ0n) is 14.3. The van der Waals surface area contributed by atoms with Crippen molar-refractivity contribution in [2.45, 2.75) is 13.0 Å². The van der Waals surface area contributed by atoms with Gasteiger partial charge >= 0.3 is 0 Å². The fourth-order valence-corrected chi connectivity index (χ4v) is 2.61. The third-order valence-corrected chi connectivity index (χ3v) is 3.82. The van der Waals surface area contributed by atoms with E-state index < -0.39 is 5.82 Å². The van der Waals surface area contributed by atoms with Crippen molar-refractivity contribution in [1.82, 2.24) is 10.3 Å². The van der Waals surface area contributed by atoms with Crippen molar-refractivity contribution in [2.75, 3.05) is 31.6 Å². The number of carbonyl (C=O) groups excluding carboxylic acids is 1.